The van der Waals surface area contributed by atoms with E-state index in [9.17, 15) is 13.2 Å². The largest absolute Gasteiger partial charge is 0.467 e. The lowest BCUT2D eigenvalue weighted by molar-refractivity contribution is 0.0948. The Labute approximate surface area is 155 Å². The number of benzene rings is 1. The predicted molar refractivity (Wildman–Crippen MR) is 101 cm³/mol. The molecule has 2 aliphatic heterocycles. The molecule has 0 unspecified atom stereocenters. The molecule has 7 nitrogen and oxygen atoms in total. The van der Waals surface area contributed by atoms with E-state index in [-0.39, 0.29) is 28.7 Å². The van der Waals surface area contributed by atoms with E-state index in [1.807, 2.05) is 0 Å². The smallest absolute Gasteiger partial charge is 0.251 e. The Morgan fingerprint density at radius 1 is 1.23 bits per heavy atom. The number of fused-ring (bicyclic) bond motifs is 1. The Morgan fingerprint density at radius 3 is 2.73 bits per heavy atom. The van der Waals surface area contributed by atoms with Gasteiger partial charge in [0.25, 0.3) is 5.91 Å². The zero-order valence-electron chi connectivity index (χ0n) is 13.7. The van der Waals surface area contributed by atoms with Crippen LogP contribution in [0.2, 0.25) is 0 Å². The maximum Gasteiger partial charge on any atom is 0.251 e. The molecule has 136 valence electrons. The summed E-state index contributed by atoms with van der Waals surface area (Å²) in [6.07, 6.45) is 1.56. The molecule has 0 saturated carbocycles. The highest BCUT2D eigenvalue weighted by Crippen LogP contribution is 2.34. The van der Waals surface area contributed by atoms with Gasteiger partial charge in [0.15, 0.2) is 15.0 Å². The quantitative estimate of drug-likeness (QED) is 0.825. The van der Waals surface area contributed by atoms with Crippen molar-refractivity contribution >= 4 is 38.4 Å². The van der Waals surface area contributed by atoms with Crippen LogP contribution in [-0.4, -0.2) is 42.3 Å². The van der Waals surface area contributed by atoms with E-state index in [1.165, 1.54) is 11.8 Å². The van der Waals surface area contributed by atoms with Crippen LogP contribution in [0.1, 0.15) is 16.1 Å². The molecule has 1 amide bonds. The Morgan fingerprint density at radius 2 is 2.04 bits per heavy atom. The van der Waals surface area contributed by atoms with Gasteiger partial charge in [-0.2, -0.15) is 0 Å². The second kappa shape index (κ2) is 6.81. The molecule has 2 atom stereocenters. The van der Waals surface area contributed by atoms with E-state index < -0.39 is 9.84 Å². The summed E-state index contributed by atoms with van der Waals surface area (Å²) in [7, 11) is -2.95. The second-order valence-electron chi connectivity index (χ2n) is 6.20. The van der Waals surface area contributed by atoms with E-state index in [0.717, 1.165) is 10.9 Å². The Bertz CT molecular complexity index is 937. The second-order valence-corrected chi connectivity index (χ2v) is 9.58. The summed E-state index contributed by atoms with van der Waals surface area (Å²) >= 11 is 1.47. The van der Waals surface area contributed by atoms with Crippen molar-refractivity contribution in [1.29, 1.82) is 0 Å². The zero-order valence-corrected chi connectivity index (χ0v) is 15.3. The number of nitrogens with one attached hydrogen (secondary N) is 2. The molecular weight excluding hydrogens is 374 g/mol. The van der Waals surface area contributed by atoms with Crippen LogP contribution in [-0.2, 0) is 16.4 Å². The highest BCUT2D eigenvalue weighted by molar-refractivity contribution is 8.15. The lowest BCUT2D eigenvalue weighted by Crippen LogP contribution is -2.22. The van der Waals surface area contributed by atoms with Gasteiger partial charge in [-0.25, -0.2) is 8.42 Å². The minimum Gasteiger partial charge on any atom is -0.467 e. The molecule has 2 aromatic rings. The molecule has 9 heteroatoms. The van der Waals surface area contributed by atoms with Crippen molar-refractivity contribution in [2.45, 2.75) is 17.8 Å². The van der Waals surface area contributed by atoms with Crippen LogP contribution in [0.4, 0.5) is 5.69 Å². The van der Waals surface area contributed by atoms with Crippen LogP contribution in [0.25, 0.3) is 0 Å². The maximum atomic E-state index is 12.1. The third kappa shape index (κ3) is 3.78. The maximum absolute atomic E-state index is 12.1. The number of thioether (sulfide) groups is 1. The first-order valence-corrected chi connectivity index (χ1v) is 10.8. The fraction of sp³-hybridized carbons (Fsp3) is 0.294. The number of amides is 1. The van der Waals surface area contributed by atoms with E-state index in [1.54, 1.807) is 42.7 Å². The Kier molecular flexibility index (Phi) is 4.49. The van der Waals surface area contributed by atoms with Crippen LogP contribution < -0.4 is 10.6 Å². The number of carbonyl (C=O) groups is 1. The molecule has 2 aliphatic rings. The molecule has 2 N–H and O–H groups in total. The van der Waals surface area contributed by atoms with Crippen LogP contribution >= 0.6 is 11.8 Å². The molecule has 1 aromatic heterocycles. The number of hydrogen-bond acceptors (Lipinski definition) is 7. The van der Waals surface area contributed by atoms with Crippen molar-refractivity contribution < 1.29 is 17.6 Å². The number of hydrogen-bond donors (Lipinski definition) is 2. The molecule has 26 heavy (non-hydrogen) atoms. The molecule has 0 bridgehead atoms. The fourth-order valence-electron chi connectivity index (χ4n) is 2.93. The van der Waals surface area contributed by atoms with Crippen molar-refractivity contribution in [2.24, 2.45) is 4.99 Å². The van der Waals surface area contributed by atoms with Crippen molar-refractivity contribution in [3.63, 3.8) is 0 Å². The summed E-state index contributed by atoms with van der Waals surface area (Å²) < 4.78 is 28.4. The first-order chi connectivity index (χ1) is 12.5. The molecule has 0 spiro atoms. The van der Waals surface area contributed by atoms with Crippen molar-refractivity contribution in [3.05, 3.63) is 54.0 Å². The average molecular weight is 391 g/mol. The van der Waals surface area contributed by atoms with Gasteiger partial charge in [-0.15, -0.1) is 0 Å². The zero-order chi connectivity index (χ0) is 18.1. The minimum atomic E-state index is -2.95. The van der Waals surface area contributed by atoms with E-state index >= 15 is 0 Å². The number of anilines is 1. The number of amidine groups is 1. The topological polar surface area (TPSA) is 101 Å². The lowest BCUT2D eigenvalue weighted by atomic mass is 10.2. The standard InChI is InChI=1S/C17H17N3O4S2/c21-16(18-8-13-2-1-7-24-13)11-3-5-12(6-4-11)19-17-20-14-9-26(22,23)10-15(14)25-17/h1-7,14-15H,8-10H2,(H,18,21)(H,19,20)/t14-,15+/m0/s1. The number of nitrogens with zero attached hydrogens (tertiary/aromatic N) is 1. The number of aliphatic imine (C=N–C) groups is 1. The SMILES string of the molecule is O=C(NCc1ccco1)c1ccc(NC2=N[C@H]3CS(=O)(=O)C[C@H]3S2)cc1. The van der Waals surface area contributed by atoms with Crippen molar-refractivity contribution in [3.8, 4) is 0 Å². The highest BCUT2D eigenvalue weighted by atomic mass is 32.2. The Balaban J connectivity index is 1.34. The molecular formula is C17H17N3O4S2. The summed E-state index contributed by atoms with van der Waals surface area (Å²) in [5, 5.41) is 6.71. The molecule has 1 saturated heterocycles. The van der Waals surface area contributed by atoms with Crippen molar-refractivity contribution in [2.75, 3.05) is 16.8 Å². The van der Waals surface area contributed by atoms with Gasteiger partial charge in [0.2, 0.25) is 0 Å². The number of furan rings is 1. The lowest BCUT2D eigenvalue weighted by Gasteiger charge is -2.08. The number of rotatable bonds is 4. The average Bonchev–Trinajstić information content (AvgIpc) is 3.28. The number of carbonyl (C=O) groups excluding carboxylic acids is 1. The first-order valence-electron chi connectivity index (χ1n) is 8.11. The minimum absolute atomic E-state index is 0.00847. The molecule has 4 rings (SSSR count). The first kappa shape index (κ1) is 17.2. The molecule has 0 aliphatic carbocycles. The van der Waals surface area contributed by atoms with E-state index in [4.69, 9.17) is 4.42 Å². The molecule has 1 aromatic carbocycles. The normalized spacial score (nSPS) is 23.3. The van der Waals surface area contributed by atoms with Crippen LogP contribution in [0.5, 0.6) is 0 Å². The van der Waals surface area contributed by atoms with Crippen LogP contribution in [0.15, 0.2) is 52.1 Å². The van der Waals surface area contributed by atoms with Gasteiger partial charge in [0, 0.05) is 16.5 Å². The molecule has 3 heterocycles. The van der Waals surface area contributed by atoms with Gasteiger partial charge in [0.1, 0.15) is 5.76 Å². The third-order valence-corrected chi connectivity index (χ3v) is 7.36. The summed E-state index contributed by atoms with van der Waals surface area (Å²) in [6, 6.07) is 10.5. The fourth-order valence-corrected chi connectivity index (χ4v) is 6.60. The summed E-state index contributed by atoms with van der Waals surface area (Å²) in [4.78, 5) is 16.6. The summed E-state index contributed by atoms with van der Waals surface area (Å²) in [6.45, 7) is 0.338. The Hall–Kier alpha value is -2.26. The molecule has 0 radical (unpaired) electrons. The van der Waals surface area contributed by atoms with Gasteiger partial charge in [0.05, 0.1) is 30.4 Å². The van der Waals surface area contributed by atoms with Gasteiger partial charge >= 0.3 is 0 Å². The highest BCUT2D eigenvalue weighted by Gasteiger charge is 2.42. The predicted octanol–water partition coefficient (Wildman–Crippen LogP) is 1.89. The van der Waals surface area contributed by atoms with E-state index in [0.29, 0.717) is 17.9 Å². The van der Waals surface area contributed by atoms with Gasteiger partial charge in [-0.3, -0.25) is 9.79 Å². The summed E-state index contributed by atoms with van der Waals surface area (Å²) in [5.74, 6) is 0.830. The van der Waals surface area contributed by atoms with Crippen LogP contribution in [0, 0.1) is 0 Å². The van der Waals surface area contributed by atoms with Gasteiger partial charge < -0.3 is 15.1 Å². The summed E-state index contributed by atoms with van der Waals surface area (Å²) in [5.41, 5.74) is 1.35. The monoisotopic (exact) mass is 391 g/mol. The number of sulfone groups is 1. The van der Waals surface area contributed by atoms with E-state index in [2.05, 4.69) is 15.6 Å². The van der Waals surface area contributed by atoms with Crippen LogP contribution in [0.3, 0.4) is 0 Å². The van der Waals surface area contributed by atoms with Gasteiger partial charge in [-0.1, -0.05) is 11.8 Å². The van der Waals surface area contributed by atoms with Gasteiger partial charge in [-0.05, 0) is 36.4 Å². The van der Waals surface area contributed by atoms with Crippen molar-refractivity contribution in [1.82, 2.24) is 5.32 Å². The third-order valence-electron chi connectivity index (χ3n) is 4.22. The molecule has 1 fully saturated rings.